The van der Waals surface area contributed by atoms with Crippen molar-refractivity contribution in [3.63, 3.8) is 0 Å². The Morgan fingerprint density at radius 1 is 1.21 bits per heavy atom. The van der Waals surface area contributed by atoms with E-state index in [4.69, 9.17) is 4.42 Å². The van der Waals surface area contributed by atoms with Gasteiger partial charge in [0.1, 0.15) is 12.3 Å². The highest BCUT2D eigenvalue weighted by Gasteiger charge is 2.51. The molecule has 1 saturated heterocycles. The van der Waals surface area contributed by atoms with Gasteiger partial charge in [0.2, 0.25) is 5.91 Å². The number of H-pyrrole nitrogens is 1. The molecule has 0 aliphatic carbocycles. The number of benzene rings is 1. The molecule has 1 aliphatic rings. The van der Waals surface area contributed by atoms with Crippen LogP contribution in [0, 0.1) is 0 Å². The molecule has 1 atom stereocenters. The quantitative estimate of drug-likeness (QED) is 0.568. The van der Waals surface area contributed by atoms with E-state index in [1.807, 2.05) is 30.5 Å². The molecular formula is C20H20N4O4. The first-order valence-electron chi connectivity index (χ1n) is 8.99. The number of carbonyl (C=O) groups excluding carboxylic acids is 3. The Hall–Kier alpha value is -3.55. The Kier molecular flexibility index (Phi) is 4.38. The molecule has 3 heterocycles. The van der Waals surface area contributed by atoms with Crippen molar-refractivity contribution in [3.05, 3.63) is 60.2 Å². The summed E-state index contributed by atoms with van der Waals surface area (Å²) in [6, 6.07) is 10.6. The number of nitrogens with one attached hydrogen (secondary N) is 3. The molecule has 1 aliphatic heterocycles. The van der Waals surface area contributed by atoms with Crippen molar-refractivity contribution in [1.29, 1.82) is 0 Å². The Balaban J connectivity index is 1.35. The molecule has 0 bridgehead atoms. The molecule has 144 valence electrons. The summed E-state index contributed by atoms with van der Waals surface area (Å²) in [7, 11) is 0. The van der Waals surface area contributed by atoms with Crippen molar-refractivity contribution in [2.75, 3.05) is 13.1 Å². The maximum atomic E-state index is 12.7. The van der Waals surface area contributed by atoms with Gasteiger partial charge in [0.15, 0.2) is 5.54 Å². The lowest BCUT2D eigenvalue weighted by Crippen LogP contribution is -2.43. The first kappa shape index (κ1) is 17.8. The highest BCUT2D eigenvalue weighted by atomic mass is 16.3. The predicted molar refractivity (Wildman–Crippen MR) is 101 cm³/mol. The fraction of sp³-hybridized carbons (Fsp3) is 0.250. The fourth-order valence-electron chi connectivity index (χ4n) is 3.45. The van der Waals surface area contributed by atoms with E-state index in [0.29, 0.717) is 18.7 Å². The normalized spacial score (nSPS) is 19.2. The number of carbonyl (C=O) groups is 3. The lowest BCUT2D eigenvalue weighted by molar-refractivity contribution is -0.135. The summed E-state index contributed by atoms with van der Waals surface area (Å²) in [5.74, 6) is -0.584. The van der Waals surface area contributed by atoms with Crippen LogP contribution in [0.25, 0.3) is 10.9 Å². The summed E-state index contributed by atoms with van der Waals surface area (Å²) < 4.78 is 5.27. The lowest BCUT2D eigenvalue weighted by atomic mass is 9.99. The maximum Gasteiger partial charge on any atom is 0.325 e. The van der Waals surface area contributed by atoms with E-state index in [-0.39, 0.29) is 6.54 Å². The second kappa shape index (κ2) is 6.88. The molecule has 4 amide bonds. The fourth-order valence-corrected chi connectivity index (χ4v) is 3.45. The van der Waals surface area contributed by atoms with Crippen LogP contribution in [0.4, 0.5) is 4.79 Å². The van der Waals surface area contributed by atoms with E-state index in [0.717, 1.165) is 21.4 Å². The predicted octanol–water partition coefficient (Wildman–Crippen LogP) is 1.89. The number of rotatable bonds is 6. The minimum Gasteiger partial charge on any atom is -0.466 e. The summed E-state index contributed by atoms with van der Waals surface area (Å²) in [5, 5.41) is 6.47. The van der Waals surface area contributed by atoms with Crippen molar-refractivity contribution in [3.8, 4) is 0 Å². The molecule has 4 rings (SSSR count). The number of urea groups is 1. The van der Waals surface area contributed by atoms with Crippen LogP contribution in [0.2, 0.25) is 0 Å². The monoisotopic (exact) mass is 380 g/mol. The van der Waals surface area contributed by atoms with Crippen LogP contribution in [-0.4, -0.2) is 40.8 Å². The van der Waals surface area contributed by atoms with E-state index in [2.05, 4.69) is 15.6 Å². The van der Waals surface area contributed by atoms with Gasteiger partial charge in [0.25, 0.3) is 5.91 Å². The third-order valence-electron chi connectivity index (χ3n) is 4.98. The van der Waals surface area contributed by atoms with Crippen LogP contribution >= 0.6 is 0 Å². The molecule has 0 unspecified atom stereocenters. The van der Waals surface area contributed by atoms with E-state index in [9.17, 15) is 14.4 Å². The first-order valence-corrected chi connectivity index (χ1v) is 8.99. The van der Waals surface area contributed by atoms with Gasteiger partial charge in [-0.05, 0) is 37.1 Å². The van der Waals surface area contributed by atoms with Crippen LogP contribution in [0.1, 0.15) is 18.2 Å². The van der Waals surface area contributed by atoms with Gasteiger partial charge in [0.05, 0.1) is 6.26 Å². The highest BCUT2D eigenvalue weighted by Crippen LogP contribution is 2.28. The molecular weight excluding hydrogens is 360 g/mol. The zero-order valence-electron chi connectivity index (χ0n) is 15.3. The van der Waals surface area contributed by atoms with Crippen molar-refractivity contribution in [2.24, 2.45) is 0 Å². The number of nitrogens with zero attached hydrogens (tertiary/aromatic N) is 1. The van der Waals surface area contributed by atoms with E-state index < -0.39 is 23.4 Å². The Bertz CT molecular complexity index is 1040. The van der Waals surface area contributed by atoms with Crippen LogP contribution in [-0.2, 0) is 21.5 Å². The van der Waals surface area contributed by atoms with E-state index in [1.54, 1.807) is 19.1 Å². The second-order valence-electron chi connectivity index (χ2n) is 6.88. The van der Waals surface area contributed by atoms with Crippen molar-refractivity contribution < 1.29 is 18.8 Å². The molecule has 1 aromatic carbocycles. The number of hydrogen-bond acceptors (Lipinski definition) is 4. The summed E-state index contributed by atoms with van der Waals surface area (Å²) >= 11 is 0. The summed E-state index contributed by atoms with van der Waals surface area (Å²) in [4.78, 5) is 41.2. The van der Waals surface area contributed by atoms with Crippen LogP contribution in [0.5, 0.6) is 0 Å². The SMILES string of the molecule is C[C@@]1(c2ccco2)NC(=O)N(CC(=O)NCCc2c[nH]c3ccccc23)C1=O. The molecule has 0 spiro atoms. The van der Waals surface area contributed by atoms with Gasteiger partial charge in [0, 0.05) is 23.6 Å². The van der Waals surface area contributed by atoms with Crippen LogP contribution in [0.15, 0.2) is 53.3 Å². The van der Waals surface area contributed by atoms with Crippen LogP contribution in [0.3, 0.4) is 0 Å². The first-order chi connectivity index (χ1) is 13.5. The lowest BCUT2D eigenvalue weighted by Gasteiger charge is -2.18. The van der Waals surface area contributed by atoms with Gasteiger partial charge in [-0.1, -0.05) is 18.2 Å². The largest absolute Gasteiger partial charge is 0.466 e. The van der Waals surface area contributed by atoms with Gasteiger partial charge < -0.3 is 20.0 Å². The van der Waals surface area contributed by atoms with Crippen molar-refractivity contribution in [1.82, 2.24) is 20.5 Å². The molecule has 28 heavy (non-hydrogen) atoms. The zero-order valence-corrected chi connectivity index (χ0v) is 15.3. The van der Waals surface area contributed by atoms with E-state index in [1.165, 1.54) is 6.26 Å². The number of aromatic nitrogens is 1. The zero-order chi connectivity index (χ0) is 19.7. The Labute approximate surface area is 160 Å². The number of imide groups is 1. The average molecular weight is 380 g/mol. The molecule has 8 heteroatoms. The minimum absolute atomic E-state index is 0.327. The standard InChI is InChI=1S/C20H20N4O4/c1-20(16-7-4-10-28-16)18(26)24(19(27)23-20)12-17(25)21-9-8-13-11-22-15-6-3-2-5-14(13)15/h2-7,10-11,22H,8-9,12H2,1H3,(H,21,25)(H,23,27)/t20-/m0/s1. The Morgan fingerprint density at radius 2 is 2.04 bits per heavy atom. The average Bonchev–Trinajstić information content (AvgIpc) is 3.39. The van der Waals surface area contributed by atoms with E-state index >= 15 is 0 Å². The summed E-state index contributed by atoms with van der Waals surface area (Å²) in [5.41, 5.74) is 0.835. The number of hydrogen-bond donors (Lipinski definition) is 3. The molecule has 1 fully saturated rings. The number of fused-ring (bicyclic) bond motifs is 1. The highest BCUT2D eigenvalue weighted by molar-refractivity contribution is 6.08. The van der Waals surface area contributed by atoms with Gasteiger partial charge >= 0.3 is 6.03 Å². The van der Waals surface area contributed by atoms with Crippen LogP contribution < -0.4 is 10.6 Å². The van der Waals surface area contributed by atoms with Crippen molar-refractivity contribution in [2.45, 2.75) is 18.9 Å². The van der Waals surface area contributed by atoms with Gasteiger partial charge in [-0.2, -0.15) is 0 Å². The molecule has 0 radical (unpaired) electrons. The summed E-state index contributed by atoms with van der Waals surface area (Å²) in [6.07, 6.45) is 3.99. The number of aromatic amines is 1. The maximum absolute atomic E-state index is 12.7. The molecule has 2 aromatic heterocycles. The third-order valence-corrected chi connectivity index (χ3v) is 4.98. The molecule has 0 saturated carbocycles. The summed E-state index contributed by atoms with van der Waals surface area (Å²) in [6.45, 7) is 1.62. The number of para-hydroxylation sites is 1. The molecule has 8 nitrogen and oxygen atoms in total. The van der Waals surface area contributed by atoms with Gasteiger partial charge in [-0.25, -0.2) is 4.79 Å². The topological polar surface area (TPSA) is 107 Å². The minimum atomic E-state index is -1.30. The smallest absolute Gasteiger partial charge is 0.325 e. The Morgan fingerprint density at radius 3 is 2.82 bits per heavy atom. The molecule has 3 N–H and O–H groups in total. The van der Waals surface area contributed by atoms with Crippen molar-refractivity contribution >= 4 is 28.7 Å². The number of amides is 4. The third kappa shape index (κ3) is 3.02. The van der Waals surface area contributed by atoms with Gasteiger partial charge in [-0.3, -0.25) is 14.5 Å². The second-order valence-corrected chi connectivity index (χ2v) is 6.88. The van der Waals surface area contributed by atoms with Gasteiger partial charge in [-0.15, -0.1) is 0 Å². The number of furan rings is 1. The molecule has 3 aromatic rings.